The van der Waals surface area contributed by atoms with Crippen LogP contribution in [0.25, 0.3) is 0 Å². The molecule has 4 rings (SSSR count). The summed E-state index contributed by atoms with van der Waals surface area (Å²) < 4.78 is 40.8. The average Bonchev–Trinajstić information content (AvgIpc) is 3.23. The minimum absolute atomic E-state index is 0. The van der Waals surface area contributed by atoms with Crippen LogP contribution in [-0.2, 0) is 29.2 Å². The summed E-state index contributed by atoms with van der Waals surface area (Å²) in [5, 5.41) is 18.3. The number of fused-ring (bicyclic) bond motifs is 1. The van der Waals surface area contributed by atoms with Crippen molar-refractivity contribution < 1.29 is 71.5 Å². The van der Waals surface area contributed by atoms with Crippen LogP contribution in [0.4, 0.5) is 4.79 Å². The molecule has 4 aliphatic rings. The van der Waals surface area contributed by atoms with E-state index >= 15 is 0 Å². The third-order valence-electron chi connectivity index (χ3n) is 9.49. The minimum atomic E-state index is -5.23. The van der Waals surface area contributed by atoms with Crippen LogP contribution in [0.5, 0.6) is 0 Å². The number of aliphatic hydroxyl groups is 1. The van der Waals surface area contributed by atoms with Gasteiger partial charge < -0.3 is 35.2 Å². The van der Waals surface area contributed by atoms with Crippen LogP contribution in [-0.4, -0.2) is 89.0 Å². The Kier molecular flexibility index (Phi) is 11.3. The fraction of sp³-hybridized carbons (Fsp3) is 0.857. The third-order valence-corrected chi connectivity index (χ3v) is 10.4. The zero-order chi connectivity index (χ0) is 31.2. The fourth-order valence-electron chi connectivity index (χ4n) is 7.17. The van der Waals surface area contributed by atoms with Gasteiger partial charge in [0.1, 0.15) is 27.8 Å². The Hall–Kier alpha value is -1.45. The monoisotopic (exact) mass is 636 g/mol. The molecule has 2 aliphatic heterocycles. The van der Waals surface area contributed by atoms with Gasteiger partial charge in [0.15, 0.2) is 5.44 Å². The number of hydrogen-bond donors (Lipinski definition) is 4. The molecule has 0 radical (unpaired) electrons. The van der Waals surface area contributed by atoms with Gasteiger partial charge in [0.2, 0.25) is 17.7 Å². The van der Waals surface area contributed by atoms with E-state index in [1.807, 2.05) is 13.8 Å². The van der Waals surface area contributed by atoms with Crippen molar-refractivity contribution in [1.82, 2.24) is 20.9 Å². The summed E-state index contributed by atoms with van der Waals surface area (Å²) in [5.74, 6) is -2.55. The number of carbonyl (C=O) groups excluding carboxylic acids is 4. The van der Waals surface area contributed by atoms with Gasteiger partial charge in [-0.05, 0) is 69.6 Å². The first-order chi connectivity index (χ1) is 19.4. The van der Waals surface area contributed by atoms with Crippen molar-refractivity contribution in [1.29, 1.82) is 0 Å². The van der Waals surface area contributed by atoms with Crippen LogP contribution in [0.1, 0.15) is 79.6 Å². The molecule has 2 saturated carbocycles. The first-order valence-electron chi connectivity index (χ1n) is 14.9. The second-order valence-corrected chi connectivity index (χ2v) is 15.4. The smallest absolute Gasteiger partial charge is 0.746 e. The van der Waals surface area contributed by atoms with Crippen molar-refractivity contribution in [3.63, 3.8) is 0 Å². The van der Waals surface area contributed by atoms with E-state index in [0.29, 0.717) is 13.0 Å². The maximum atomic E-state index is 14.2. The molecule has 2 heterocycles. The van der Waals surface area contributed by atoms with Crippen molar-refractivity contribution in [2.24, 2.45) is 29.1 Å². The molecule has 0 aromatic carbocycles. The van der Waals surface area contributed by atoms with Crippen molar-refractivity contribution in [3.8, 4) is 0 Å². The predicted octanol–water partition coefficient (Wildman–Crippen LogP) is -2.18. The maximum absolute atomic E-state index is 14.2. The number of amides is 4. The van der Waals surface area contributed by atoms with E-state index in [0.717, 1.165) is 32.1 Å². The number of ether oxygens (including phenoxy) is 1. The molecular weight excluding hydrogens is 591 g/mol. The van der Waals surface area contributed by atoms with E-state index in [-0.39, 0.29) is 71.6 Å². The largest absolute Gasteiger partial charge is 1.00 e. The molecule has 7 atom stereocenters. The molecule has 0 bridgehead atoms. The molecule has 15 heteroatoms. The molecule has 0 aromatic rings. The summed E-state index contributed by atoms with van der Waals surface area (Å²) in [6, 6.07) is -3.46. The molecule has 13 nitrogen and oxygen atoms in total. The standard InChI is InChI=1S/C28H46N4O9S.Na/c1-27(2,3)41-26(37)31-20(15-9-7-6-8-10-15)24(35)32-14-17-19(28(17,4)5)21(32)23(34)30-18(25(36)42(38,39)40)13-16-11-12-29-22(16)33;/h15-21,25,36H,6-14H2,1-5H3,(H,29,33)(H,30,34)(H,31,37)(H,38,39,40);/q;+1/p-1/t16-,17-,18-,19-,20-,21-,25?;/m0./s1. The minimum Gasteiger partial charge on any atom is -0.746 e. The summed E-state index contributed by atoms with van der Waals surface area (Å²) in [6.07, 6.45) is 3.70. The Labute approximate surface area is 276 Å². The Morgan fingerprint density at radius 2 is 1.77 bits per heavy atom. The van der Waals surface area contributed by atoms with Crippen molar-refractivity contribution in [2.75, 3.05) is 13.1 Å². The van der Waals surface area contributed by atoms with Crippen LogP contribution in [0, 0.1) is 29.1 Å². The molecule has 0 aromatic heterocycles. The zero-order valence-electron chi connectivity index (χ0n) is 26.1. The van der Waals surface area contributed by atoms with Crippen LogP contribution in [0.2, 0.25) is 0 Å². The quantitative estimate of drug-likeness (QED) is 0.161. The van der Waals surface area contributed by atoms with Crippen LogP contribution >= 0.6 is 0 Å². The normalized spacial score (nSPS) is 28.9. The predicted molar refractivity (Wildman–Crippen MR) is 149 cm³/mol. The summed E-state index contributed by atoms with van der Waals surface area (Å²) in [4.78, 5) is 54.5. The molecule has 4 N–H and O–H groups in total. The van der Waals surface area contributed by atoms with Crippen molar-refractivity contribution >= 4 is 33.9 Å². The van der Waals surface area contributed by atoms with E-state index in [1.54, 1.807) is 20.8 Å². The number of carbonyl (C=O) groups is 4. The summed E-state index contributed by atoms with van der Waals surface area (Å²) >= 11 is 0. The number of nitrogens with one attached hydrogen (secondary N) is 3. The Morgan fingerprint density at radius 3 is 2.30 bits per heavy atom. The first-order valence-corrected chi connectivity index (χ1v) is 16.4. The molecule has 4 fully saturated rings. The third kappa shape index (κ3) is 8.23. The van der Waals surface area contributed by atoms with E-state index in [4.69, 9.17) is 4.74 Å². The molecule has 2 saturated heterocycles. The Balaban J connectivity index is 0.00000506. The fourth-order valence-corrected chi connectivity index (χ4v) is 7.75. The SMILES string of the molecule is CC(C)(C)OC(=O)N[C@H](C(=O)N1C[C@H]2[C@@H]([C@H]1C(=O)N[C@@H](C[C@@H]1CCNC1=O)C(O)S(=O)(=O)[O-])C2(C)C)C1CCCCC1.[Na+]. The van der Waals surface area contributed by atoms with Crippen molar-refractivity contribution in [3.05, 3.63) is 0 Å². The van der Waals surface area contributed by atoms with E-state index in [2.05, 4.69) is 16.0 Å². The number of likely N-dealkylation sites (tertiary alicyclic amines) is 1. The van der Waals surface area contributed by atoms with Gasteiger partial charge in [-0.1, -0.05) is 33.1 Å². The number of nitrogens with zero attached hydrogens (tertiary/aromatic N) is 1. The molecule has 238 valence electrons. The van der Waals surface area contributed by atoms with Gasteiger partial charge in [-0.3, -0.25) is 14.4 Å². The number of alkyl carbamates (subject to hydrolysis) is 1. The molecule has 4 amide bonds. The van der Waals surface area contributed by atoms with Crippen LogP contribution < -0.4 is 45.5 Å². The van der Waals surface area contributed by atoms with Crippen LogP contribution in [0.3, 0.4) is 0 Å². The summed E-state index contributed by atoms with van der Waals surface area (Å²) in [7, 11) is -5.23. The zero-order valence-corrected chi connectivity index (χ0v) is 28.9. The van der Waals surface area contributed by atoms with Gasteiger partial charge in [-0.2, -0.15) is 0 Å². The van der Waals surface area contributed by atoms with Gasteiger partial charge in [-0.15, -0.1) is 0 Å². The van der Waals surface area contributed by atoms with Crippen molar-refractivity contribution in [2.45, 2.75) is 109 Å². The number of aliphatic hydroxyl groups excluding tert-OH is 1. The van der Waals surface area contributed by atoms with Gasteiger partial charge in [0.25, 0.3) is 0 Å². The van der Waals surface area contributed by atoms with E-state index < -0.39 is 63.1 Å². The number of rotatable bonds is 9. The molecule has 2 aliphatic carbocycles. The topological polar surface area (TPSA) is 194 Å². The Bertz CT molecular complexity index is 1190. The summed E-state index contributed by atoms with van der Waals surface area (Å²) in [6.45, 7) is 9.78. The van der Waals surface area contributed by atoms with Gasteiger partial charge in [0.05, 0.1) is 6.04 Å². The van der Waals surface area contributed by atoms with Crippen LogP contribution in [0.15, 0.2) is 0 Å². The second kappa shape index (κ2) is 13.5. The van der Waals surface area contributed by atoms with Gasteiger partial charge >= 0.3 is 35.7 Å². The average molecular weight is 637 g/mol. The maximum Gasteiger partial charge on any atom is 1.00 e. The molecule has 0 spiro atoms. The van der Waals surface area contributed by atoms with E-state index in [9.17, 15) is 37.3 Å². The molecule has 1 unspecified atom stereocenters. The van der Waals surface area contributed by atoms with Gasteiger partial charge in [0, 0.05) is 19.0 Å². The van der Waals surface area contributed by atoms with Gasteiger partial charge in [-0.25, -0.2) is 13.2 Å². The number of piperidine rings is 1. The molecule has 43 heavy (non-hydrogen) atoms. The summed E-state index contributed by atoms with van der Waals surface area (Å²) in [5.41, 5.74) is -3.52. The van der Waals surface area contributed by atoms with E-state index in [1.165, 1.54) is 4.90 Å². The Morgan fingerprint density at radius 1 is 1.14 bits per heavy atom. The molecular formula is C28H45N4NaO9S. The second-order valence-electron chi connectivity index (χ2n) is 13.9. The first kappa shape index (κ1) is 36.0. The number of hydrogen-bond acceptors (Lipinski definition) is 9.